The van der Waals surface area contributed by atoms with Gasteiger partial charge in [0.1, 0.15) is 0 Å². The van der Waals surface area contributed by atoms with Crippen molar-refractivity contribution in [2.45, 2.75) is 25.9 Å². The Kier molecular flexibility index (Phi) is 4.29. The van der Waals surface area contributed by atoms with Crippen molar-refractivity contribution in [3.05, 3.63) is 70.1 Å². The molecule has 1 nitrogen and oxygen atoms in total. The highest BCUT2D eigenvalue weighted by atomic mass is 35.5. The molecule has 0 radical (unpaired) electrons. The fraction of sp³-hybridized carbons (Fsp3) is 0.222. The summed E-state index contributed by atoms with van der Waals surface area (Å²) in [6.07, 6.45) is 0. The Morgan fingerprint density at radius 3 is 2.43 bits per heavy atom. The highest BCUT2D eigenvalue weighted by Crippen LogP contribution is 2.31. The minimum absolute atomic E-state index is 0.221. The first-order valence-electron chi connectivity index (χ1n) is 7.14. The topological polar surface area (TPSA) is 12.0 Å². The van der Waals surface area contributed by atoms with E-state index in [-0.39, 0.29) is 6.04 Å². The van der Waals surface area contributed by atoms with E-state index < -0.39 is 0 Å². The summed E-state index contributed by atoms with van der Waals surface area (Å²) in [6, 6.07) is 19.3. The van der Waals surface area contributed by atoms with Gasteiger partial charge in [0.15, 0.2) is 0 Å². The summed E-state index contributed by atoms with van der Waals surface area (Å²) in [5.74, 6) is 0. The summed E-state index contributed by atoms with van der Waals surface area (Å²) < 4.78 is 1.34. The minimum atomic E-state index is 0.221. The van der Waals surface area contributed by atoms with E-state index in [4.69, 9.17) is 11.6 Å². The molecule has 0 bridgehead atoms. The molecule has 3 rings (SSSR count). The van der Waals surface area contributed by atoms with Gasteiger partial charge in [-0.3, -0.25) is 0 Å². The van der Waals surface area contributed by atoms with Crippen molar-refractivity contribution in [2.75, 3.05) is 0 Å². The van der Waals surface area contributed by atoms with Crippen molar-refractivity contribution in [3.63, 3.8) is 0 Å². The maximum absolute atomic E-state index is 6.28. The van der Waals surface area contributed by atoms with Crippen LogP contribution in [-0.2, 0) is 0 Å². The number of fused-ring (bicyclic) bond motifs is 1. The Hall–Kier alpha value is -1.35. The maximum atomic E-state index is 6.28. The summed E-state index contributed by atoms with van der Waals surface area (Å²) in [4.78, 5) is 1.36. The molecule has 0 aliphatic heterocycles. The lowest BCUT2D eigenvalue weighted by Gasteiger charge is -2.20. The number of rotatable bonds is 4. The van der Waals surface area contributed by atoms with Crippen LogP contribution < -0.4 is 5.32 Å². The van der Waals surface area contributed by atoms with Crippen molar-refractivity contribution in [1.29, 1.82) is 0 Å². The molecule has 0 spiro atoms. The Balaban J connectivity index is 1.79. The van der Waals surface area contributed by atoms with E-state index in [0.717, 1.165) is 10.6 Å². The Bertz CT molecular complexity index is 717. The fourth-order valence-electron chi connectivity index (χ4n) is 2.59. The van der Waals surface area contributed by atoms with Crippen LogP contribution in [-0.4, -0.2) is 0 Å². The SMILES string of the molecule is CC(NC(C)c1ccccc1Cl)c1cc2ccccc2s1. The largest absolute Gasteiger partial charge is 0.303 e. The third-order valence-electron chi connectivity index (χ3n) is 3.74. The first kappa shape index (κ1) is 14.6. The van der Waals surface area contributed by atoms with E-state index in [0.29, 0.717) is 6.04 Å². The van der Waals surface area contributed by atoms with E-state index in [2.05, 4.69) is 55.6 Å². The molecule has 1 heterocycles. The molecule has 2 aromatic carbocycles. The summed E-state index contributed by atoms with van der Waals surface area (Å²) in [5.41, 5.74) is 1.15. The standard InChI is InChI=1S/C18H18ClNS/c1-12(15-8-4-5-9-16(15)19)20-13(2)18-11-14-7-3-6-10-17(14)21-18/h3-13,20H,1-2H3. The van der Waals surface area contributed by atoms with Crippen LogP contribution in [0.3, 0.4) is 0 Å². The van der Waals surface area contributed by atoms with Gasteiger partial charge in [-0.1, -0.05) is 48.0 Å². The van der Waals surface area contributed by atoms with Gasteiger partial charge < -0.3 is 5.32 Å². The predicted molar refractivity (Wildman–Crippen MR) is 93.2 cm³/mol. The molecule has 108 valence electrons. The van der Waals surface area contributed by atoms with Gasteiger partial charge in [-0.2, -0.15) is 0 Å². The molecule has 3 heteroatoms. The molecule has 3 aromatic rings. The lowest BCUT2D eigenvalue weighted by Crippen LogP contribution is -2.22. The number of nitrogens with one attached hydrogen (secondary N) is 1. The van der Waals surface area contributed by atoms with Crippen LogP contribution in [0, 0.1) is 0 Å². The second kappa shape index (κ2) is 6.18. The zero-order chi connectivity index (χ0) is 14.8. The molecular formula is C18H18ClNS. The van der Waals surface area contributed by atoms with Gasteiger partial charge in [0.2, 0.25) is 0 Å². The molecule has 1 aromatic heterocycles. The van der Waals surface area contributed by atoms with E-state index in [1.807, 2.05) is 29.5 Å². The van der Waals surface area contributed by atoms with Crippen molar-refractivity contribution in [3.8, 4) is 0 Å². The highest BCUT2D eigenvalue weighted by molar-refractivity contribution is 7.19. The molecule has 0 saturated heterocycles. The fourth-order valence-corrected chi connectivity index (χ4v) is 3.96. The average Bonchev–Trinajstić information content (AvgIpc) is 2.91. The average molecular weight is 316 g/mol. The van der Waals surface area contributed by atoms with Crippen LogP contribution in [0.1, 0.15) is 36.4 Å². The Morgan fingerprint density at radius 1 is 0.952 bits per heavy atom. The normalized spacial score (nSPS) is 14.2. The molecule has 0 aliphatic carbocycles. The van der Waals surface area contributed by atoms with Crippen molar-refractivity contribution >= 4 is 33.0 Å². The van der Waals surface area contributed by atoms with Crippen molar-refractivity contribution < 1.29 is 0 Å². The molecule has 1 N–H and O–H groups in total. The van der Waals surface area contributed by atoms with Gasteiger partial charge in [0.05, 0.1) is 0 Å². The van der Waals surface area contributed by atoms with E-state index in [9.17, 15) is 0 Å². The zero-order valence-corrected chi connectivity index (χ0v) is 13.7. The first-order chi connectivity index (χ1) is 10.1. The summed E-state index contributed by atoms with van der Waals surface area (Å²) in [6.45, 7) is 4.36. The smallest absolute Gasteiger partial charge is 0.0453 e. The van der Waals surface area contributed by atoms with Gasteiger partial charge >= 0.3 is 0 Å². The molecule has 0 amide bonds. The Morgan fingerprint density at radius 2 is 1.67 bits per heavy atom. The molecule has 0 saturated carbocycles. The summed E-state index contributed by atoms with van der Waals surface area (Å²) >= 11 is 8.13. The van der Waals surface area contributed by atoms with Crippen LogP contribution in [0.25, 0.3) is 10.1 Å². The molecule has 0 aliphatic rings. The summed E-state index contributed by atoms with van der Waals surface area (Å²) in [7, 11) is 0. The lowest BCUT2D eigenvalue weighted by molar-refractivity contribution is 0.500. The van der Waals surface area contributed by atoms with E-state index in [1.54, 1.807) is 0 Å². The van der Waals surface area contributed by atoms with E-state index in [1.165, 1.54) is 15.0 Å². The second-order valence-corrected chi connectivity index (χ2v) is 6.84. The monoisotopic (exact) mass is 315 g/mol. The van der Waals surface area contributed by atoms with Gasteiger partial charge in [-0.25, -0.2) is 0 Å². The number of hydrogen-bond donors (Lipinski definition) is 1. The zero-order valence-electron chi connectivity index (χ0n) is 12.1. The van der Waals surface area contributed by atoms with Crippen molar-refractivity contribution in [2.24, 2.45) is 0 Å². The predicted octanol–water partition coefficient (Wildman–Crippen LogP) is 5.97. The van der Waals surface area contributed by atoms with Gasteiger partial charge in [0, 0.05) is 26.7 Å². The van der Waals surface area contributed by atoms with Crippen LogP contribution in [0.15, 0.2) is 54.6 Å². The Labute approximate surface area is 134 Å². The summed E-state index contributed by atoms with van der Waals surface area (Å²) in [5, 5.41) is 5.78. The van der Waals surface area contributed by atoms with Gasteiger partial charge in [0.25, 0.3) is 0 Å². The number of halogens is 1. The molecule has 21 heavy (non-hydrogen) atoms. The first-order valence-corrected chi connectivity index (χ1v) is 8.33. The third kappa shape index (κ3) is 3.13. The van der Waals surface area contributed by atoms with Gasteiger partial charge in [-0.05, 0) is 43.0 Å². The maximum Gasteiger partial charge on any atom is 0.0453 e. The van der Waals surface area contributed by atoms with Crippen LogP contribution in [0.5, 0.6) is 0 Å². The number of hydrogen-bond acceptors (Lipinski definition) is 2. The van der Waals surface area contributed by atoms with E-state index >= 15 is 0 Å². The molecule has 2 atom stereocenters. The minimum Gasteiger partial charge on any atom is -0.303 e. The quantitative estimate of drug-likeness (QED) is 0.625. The van der Waals surface area contributed by atoms with Gasteiger partial charge in [-0.15, -0.1) is 11.3 Å². The van der Waals surface area contributed by atoms with Crippen LogP contribution in [0.2, 0.25) is 5.02 Å². The van der Waals surface area contributed by atoms with Crippen LogP contribution in [0.4, 0.5) is 0 Å². The van der Waals surface area contributed by atoms with Crippen molar-refractivity contribution in [1.82, 2.24) is 5.32 Å². The lowest BCUT2D eigenvalue weighted by atomic mass is 10.1. The highest BCUT2D eigenvalue weighted by Gasteiger charge is 2.15. The number of thiophene rings is 1. The van der Waals surface area contributed by atoms with Crippen LogP contribution >= 0.6 is 22.9 Å². The molecule has 2 unspecified atom stereocenters. The molecular weight excluding hydrogens is 298 g/mol. The molecule has 0 fully saturated rings. The second-order valence-electron chi connectivity index (χ2n) is 5.32. The third-order valence-corrected chi connectivity index (χ3v) is 5.39. The number of benzene rings is 2.